The quantitative estimate of drug-likeness (QED) is 0.813. The van der Waals surface area contributed by atoms with Crippen LogP contribution >= 0.6 is 11.8 Å². The van der Waals surface area contributed by atoms with Gasteiger partial charge in [-0.3, -0.25) is 0 Å². The molecule has 2 nitrogen and oxygen atoms in total. The predicted molar refractivity (Wildman–Crippen MR) is 74.6 cm³/mol. The minimum absolute atomic E-state index is 0.390. The highest BCUT2D eigenvalue weighted by molar-refractivity contribution is 8.02. The van der Waals surface area contributed by atoms with Gasteiger partial charge in [-0.1, -0.05) is 26.0 Å². The molecule has 3 heteroatoms. The third-order valence-electron chi connectivity index (χ3n) is 2.24. The van der Waals surface area contributed by atoms with Gasteiger partial charge in [0.15, 0.2) is 0 Å². The Bertz CT molecular complexity index is 343. The summed E-state index contributed by atoms with van der Waals surface area (Å²) in [6.45, 7) is 6.09. The van der Waals surface area contributed by atoms with E-state index in [0.29, 0.717) is 5.37 Å². The van der Waals surface area contributed by atoms with Crippen LogP contribution < -0.4 is 10.6 Å². The van der Waals surface area contributed by atoms with Crippen molar-refractivity contribution in [3.8, 4) is 0 Å². The van der Waals surface area contributed by atoms with E-state index in [-0.39, 0.29) is 0 Å². The highest BCUT2D eigenvalue weighted by Crippen LogP contribution is 2.33. The van der Waals surface area contributed by atoms with Crippen LogP contribution in [0.1, 0.15) is 31.7 Å². The van der Waals surface area contributed by atoms with Crippen LogP contribution in [-0.2, 0) is 0 Å². The van der Waals surface area contributed by atoms with Crippen LogP contribution in [0.2, 0.25) is 0 Å². The minimum atomic E-state index is 0.390. The standard InChI is InChI=1S/C11H14N2S.C2H6/c1-8-7-14-11(13-8)9-3-5-10(12-2)6-4-9;1-2/h3-7,11-13H,1-2H3;1-2H3. The smallest absolute Gasteiger partial charge is 0.102 e. The van der Waals surface area contributed by atoms with Gasteiger partial charge in [0.2, 0.25) is 0 Å². The molecule has 0 saturated heterocycles. The Hall–Kier alpha value is -1.09. The van der Waals surface area contributed by atoms with E-state index in [1.54, 1.807) is 0 Å². The van der Waals surface area contributed by atoms with Crippen LogP contribution in [0, 0.1) is 0 Å². The third-order valence-corrected chi connectivity index (χ3v) is 3.39. The largest absolute Gasteiger partial charge is 0.388 e. The van der Waals surface area contributed by atoms with Gasteiger partial charge in [-0.25, -0.2) is 0 Å². The van der Waals surface area contributed by atoms with Gasteiger partial charge in [-0.2, -0.15) is 0 Å². The molecule has 0 aliphatic carbocycles. The van der Waals surface area contributed by atoms with Crippen molar-refractivity contribution in [3.05, 3.63) is 40.9 Å². The van der Waals surface area contributed by atoms with Crippen molar-refractivity contribution in [1.82, 2.24) is 5.32 Å². The summed E-state index contributed by atoms with van der Waals surface area (Å²) >= 11 is 1.82. The number of hydrogen-bond acceptors (Lipinski definition) is 3. The first-order valence-electron chi connectivity index (χ1n) is 5.66. The van der Waals surface area contributed by atoms with Crippen LogP contribution in [0.25, 0.3) is 0 Å². The van der Waals surface area contributed by atoms with Crippen molar-refractivity contribution in [2.75, 3.05) is 12.4 Å². The van der Waals surface area contributed by atoms with E-state index >= 15 is 0 Å². The number of nitrogens with one attached hydrogen (secondary N) is 2. The van der Waals surface area contributed by atoms with Crippen molar-refractivity contribution in [2.24, 2.45) is 0 Å². The Labute approximate surface area is 103 Å². The number of thioether (sulfide) groups is 1. The van der Waals surface area contributed by atoms with E-state index in [1.165, 1.54) is 11.3 Å². The summed E-state index contributed by atoms with van der Waals surface area (Å²) in [7, 11) is 1.93. The Morgan fingerprint density at radius 1 is 1.19 bits per heavy atom. The molecule has 0 amide bonds. The summed E-state index contributed by atoms with van der Waals surface area (Å²) in [6, 6.07) is 8.52. The molecule has 0 bridgehead atoms. The lowest BCUT2D eigenvalue weighted by Gasteiger charge is -2.12. The monoisotopic (exact) mass is 236 g/mol. The molecule has 1 aromatic carbocycles. The molecule has 1 aliphatic heterocycles. The molecule has 2 rings (SSSR count). The molecule has 1 unspecified atom stereocenters. The average molecular weight is 236 g/mol. The van der Waals surface area contributed by atoms with Gasteiger partial charge in [-0.15, -0.1) is 11.8 Å². The number of hydrogen-bond donors (Lipinski definition) is 2. The highest BCUT2D eigenvalue weighted by atomic mass is 32.2. The molecule has 88 valence electrons. The first kappa shape index (κ1) is 13.0. The molecule has 1 aromatic rings. The lowest BCUT2D eigenvalue weighted by atomic mass is 10.2. The van der Waals surface area contributed by atoms with Gasteiger partial charge in [0.1, 0.15) is 5.37 Å². The maximum absolute atomic E-state index is 3.41. The van der Waals surface area contributed by atoms with E-state index < -0.39 is 0 Å². The van der Waals surface area contributed by atoms with Crippen LogP contribution in [-0.4, -0.2) is 7.05 Å². The minimum Gasteiger partial charge on any atom is -0.388 e. The number of rotatable bonds is 2. The van der Waals surface area contributed by atoms with Gasteiger partial charge >= 0.3 is 0 Å². The molecule has 1 heterocycles. The second kappa shape index (κ2) is 6.48. The number of allylic oxidation sites excluding steroid dienone is 1. The molecular weight excluding hydrogens is 216 g/mol. The normalized spacial score (nSPS) is 18.0. The maximum Gasteiger partial charge on any atom is 0.102 e. The molecule has 16 heavy (non-hydrogen) atoms. The van der Waals surface area contributed by atoms with Crippen molar-refractivity contribution < 1.29 is 0 Å². The topological polar surface area (TPSA) is 24.1 Å². The van der Waals surface area contributed by atoms with E-state index in [2.05, 4.69) is 47.2 Å². The summed E-state index contributed by atoms with van der Waals surface area (Å²) in [5.41, 5.74) is 3.72. The summed E-state index contributed by atoms with van der Waals surface area (Å²) in [6.07, 6.45) is 0. The second-order valence-corrected chi connectivity index (χ2v) is 4.31. The van der Waals surface area contributed by atoms with Gasteiger partial charge in [0, 0.05) is 18.4 Å². The highest BCUT2D eigenvalue weighted by Gasteiger charge is 2.15. The van der Waals surface area contributed by atoms with Crippen molar-refractivity contribution in [3.63, 3.8) is 0 Å². The van der Waals surface area contributed by atoms with Crippen molar-refractivity contribution >= 4 is 17.4 Å². The average Bonchev–Trinajstić information content (AvgIpc) is 2.79. The molecule has 0 spiro atoms. The predicted octanol–water partition coefficient (Wildman–Crippen LogP) is 3.95. The molecule has 0 aromatic heterocycles. The molecule has 2 N–H and O–H groups in total. The fourth-order valence-electron chi connectivity index (χ4n) is 1.43. The molecule has 1 aliphatic rings. The van der Waals surface area contributed by atoms with Crippen molar-refractivity contribution in [2.45, 2.75) is 26.1 Å². The molecule has 1 atom stereocenters. The van der Waals surface area contributed by atoms with E-state index in [1.807, 2.05) is 32.7 Å². The van der Waals surface area contributed by atoms with Crippen LogP contribution in [0.4, 0.5) is 5.69 Å². The Morgan fingerprint density at radius 3 is 2.25 bits per heavy atom. The molecule has 0 radical (unpaired) electrons. The second-order valence-electron chi connectivity index (χ2n) is 3.33. The van der Waals surface area contributed by atoms with Gasteiger partial charge < -0.3 is 10.6 Å². The lowest BCUT2D eigenvalue weighted by molar-refractivity contribution is 0.811. The molecular formula is C13H20N2S. The fraction of sp³-hybridized carbons (Fsp3) is 0.385. The molecule has 0 saturated carbocycles. The SMILES string of the molecule is CC.CNc1ccc(C2NC(C)=CS2)cc1. The summed E-state index contributed by atoms with van der Waals surface area (Å²) in [5.74, 6) is 0. The van der Waals surface area contributed by atoms with Crippen LogP contribution in [0.15, 0.2) is 35.4 Å². The maximum atomic E-state index is 3.41. The first-order valence-corrected chi connectivity index (χ1v) is 6.60. The molecule has 0 fully saturated rings. The van der Waals surface area contributed by atoms with Gasteiger partial charge in [0.25, 0.3) is 0 Å². The number of benzene rings is 1. The lowest BCUT2D eigenvalue weighted by Crippen LogP contribution is -2.10. The van der Waals surface area contributed by atoms with Gasteiger partial charge in [-0.05, 0) is 30.0 Å². The summed E-state index contributed by atoms with van der Waals surface area (Å²) in [5, 5.41) is 9.08. The Morgan fingerprint density at radius 2 is 1.81 bits per heavy atom. The van der Waals surface area contributed by atoms with E-state index in [4.69, 9.17) is 0 Å². The van der Waals surface area contributed by atoms with Crippen molar-refractivity contribution in [1.29, 1.82) is 0 Å². The van der Waals surface area contributed by atoms with Crippen LogP contribution in [0.5, 0.6) is 0 Å². The van der Waals surface area contributed by atoms with Gasteiger partial charge in [0.05, 0.1) is 0 Å². The zero-order valence-corrected chi connectivity index (χ0v) is 11.2. The fourth-order valence-corrected chi connectivity index (χ4v) is 2.41. The van der Waals surface area contributed by atoms with E-state index in [0.717, 1.165) is 5.69 Å². The van der Waals surface area contributed by atoms with E-state index in [9.17, 15) is 0 Å². The Balaban J connectivity index is 0.000000606. The zero-order valence-electron chi connectivity index (χ0n) is 10.4. The zero-order chi connectivity index (χ0) is 12.0. The van der Waals surface area contributed by atoms with Crippen LogP contribution in [0.3, 0.4) is 0 Å². The third kappa shape index (κ3) is 3.20. The first-order chi connectivity index (χ1) is 7.79. The summed E-state index contributed by atoms with van der Waals surface area (Å²) in [4.78, 5) is 0. The Kier molecular flexibility index (Phi) is 5.26. The summed E-state index contributed by atoms with van der Waals surface area (Å²) < 4.78 is 0. The number of anilines is 1.